The quantitative estimate of drug-likeness (QED) is 0.486. The zero-order chi connectivity index (χ0) is 19.3. The Labute approximate surface area is 167 Å². The molecule has 2 aliphatic heterocycles. The van der Waals surface area contributed by atoms with Gasteiger partial charge >= 0.3 is 5.97 Å². The van der Waals surface area contributed by atoms with Crippen molar-refractivity contribution in [3.63, 3.8) is 0 Å². The molecule has 0 bridgehead atoms. The summed E-state index contributed by atoms with van der Waals surface area (Å²) >= 11 is 0. The summed E-state index contributed by atoms with van der Waals surface area (Å²) in [6, 6.07) is 0. The van der Waals surface area contributed by atoms with E-state index in [9.17, 15) is 4.79 Å². The molecule has 28 heavy (non-hydrogen) atoms. The van der Waals surface area contributed by atoms with Gasteiger partial charge in [-0.3, -0.25) is 4.79 Å². The van der Waals surface area contributed by atoms with Gasteiger partial charge in [0.2, 0.25) is 0 Å². The zero-order valence-electron chi connectivity index (χ0n) is 17.0. The Morgan fingerprint density at radius 2 is 1.86 bits per heavy atom. The fraction of sp³-hybridized carbons (Fsp3) is 0.864. The highest BCUT2D eigenvalue weighted by Crippen LogP contribution is 2.49. The summed E-state index contributed by atoms with van der Waals surface area (Å²) in [7, 11) is 1.45. The molecule has 2 aliphatic carbocycles. The third kappa shape index (κ3) is 4.96. The van der Waals surface area contributed by atoms with E-state index in [0.29, 0.717) is 24.9 Å². The molecule has 4 rings (SSSR count). The molecule has 0 amide bonds. The summed E-state index contributed by atoms with van der Waals surface area (Å²) in [5.41, 5.74) is 1.20. The monoisotopic (exact) mass is 394 g/mol. The molecule has 2 unspecified atom stereocenters. The Morgan fingerprint density at radius 1 is 1.11 bits per heavy atom. The lowest BCUT2D eigenvalue weighted by Crippen LogP contribution is -2.35. The number of carbonyl (C=O) groups excluding carboxylic acids is 1. The number of methoxy groups -OCH3 is 1. The second-order valence-corrected chi connectivity index (χ2v) is 8.62. The van der Waals surface area contributed by atoms with Crippen LogP contribution in [0.4, 0.5) is 0 Å². The molecule has 0 radical (unpaired) electrons. The van der Waals surface area contributed by atoms with E-state index in [1.807, 2.05) is 0 Å². The average molecular weight is 395 g/mol. The van der Waals surface area contributed by atoms with Gasteiger partial charge in [-0.05, 0) is 63.2 Å². The van der Waals surface area contributed by atoms with Crippen LogP contribution >= 0.6 is 0 Å². The van der Waals surface area contributed by atoms with E-state index in [-0.39, 0.29) is 30.6 Å². The minimum Gasteiger partial charge on any atom is -0.469 e. The molecule has 0 spiro atoms. The van der Waals surface area contributed by atoms with Crippen molar-refractivity contribution in [1.29, 1.82) is 0 Å². The highest BCUT2D eigenvalue weighted by Gasteiger charge is 2.47. The molecule has 6 heteroatoms. The van der Waals surface area contributed by atoms with Gasteiger partial charge < -0.3 is 23.7 Å². The van der Waals surface area contributed by atoms with Crippen LogP contribution in [0, 0.1) is 17.8 Å². The molecule has 2 saturated heterocycles. The maximum atomic E-state index is 11.7. The van der Waals surface area contributed by atoms with Crippen molar-refractivity contribution in [1.82, 2.24) is 0 Å². The van der Waals surface area contributed by atoms with Crippen molar-refractivity contribution >= 4 is 5.97 Å². The molecule has 2 heterocycles. The Bertz CT molecular complexity index is 549. The third-order valence-corrected chi connectivity index (χ3v) is 6.68. The van der Waals surface area contributed by atoms with Gasteiger partial charge in [0, 0.05) is 19.1 Å². The van der Waals surface area contributed by atoms with Gasteiger partial charge in [-0.1, -0.05) is 11.6 Å². The van der Waals surface area contributed by atoms with Gasteiger partial charge in [0.25, 0.3) is 0 Å². The van der Waals surface area contributed by atoms with E-state index < -0.39 is 0 Å². The first-order valence-electron chi connectivity index (χ1n) is 11.0. The van der Waals surface area contributed by atoms with Crippen molar-refractivity contribution in [3.8, 4) is 0 Å². The molecular weight excluding hydrogens is 360 g/mol. The van der Waals surface area contributed by atoms with E-state index in [0.717, 1.165) is 51.7 Å². The van der Waals surface area contributed by atoms with Crippen LogP contribution in [0.3, 0.4) is 0 Å². The number of carbonyl (C=O) groups is 1. The minimum atomic E-state index is -0.155. The van der Waals surface area contributed by atoms with Crippen LogP contribution < -0.4 is 0 Å². The number of hydrogen-bond acceptors (Lipinski definition) is 6. The van der Waals surface area contributed by atoms with Crippen molar-refractivity contribution in [3.05, 3.63) is 11.6 Å². The summed E-state index contributed by atoms with van der Waals surface area (Å²) in [4.78, 5) is 11.7. The van der Waals surface area contributed by atoms with Crippen molar-refractivity contribution in [2.24, 2.45) is 17.8 Å². The van der Waals surface area contributed by atoms with Crippen molar-refractivity contribution < 1.29 is 28.5 Å². The summed E-state index contributed by atoms with van der Waals surface area (Å²) < 4.78 is 29.0. The molecule has 4 aliphatic rings. The summed E-state index contributed by atoms with van der Waals surface area (Å²) in [5, 5.41) is 0. The largest absolute Gasteiger partial charge is 0.469 e. The summed E-state index contributed by atoms with van der Waals surface area (Å²) in [6.45, 7) is 2.23. The van der Waals surface area contributed by atoms with Gasteiger partial charge in [-0.15, -0.1) is 0 Å². The number of allylic oxidation sites excluding steroid dienone is 1. The molecule has 1 saturated carbocycles. The number of fused-ring (bicyclic) bond motifs is 1. The Kier molecular flexibility index (Phi) is 7.04. The van der Waals surface area contributed by atoms with Gasteiger partial charge in [-0.2, -0.15) is 0 Å². The van der Waals surface area contributed by atoms with Gasteiger partial charge in [0.1, 0.15) is 0 Å². The Balaban J connectivity index is 1.40. The molecule has 0 N–H and O–H groups in total. The predicted molar refractivity (Wildman–Crippen MR) is 102 cm³/mol. The lowest BCUT2D eigenvalue weighted by atomic mass is 9.92. The summed E-state index contributed by atoms with van der Waals surface area (Å²) in [5.74, 6) is 1.06. The molecule has 0 aromatic carbocycles. The SMILES string of the molecule is COC(=O)CC1=C[C@H]2[C@@H](C1)C[C@@H](OC1CCCCO1)[C@@H]2COC1CCCCO1. The van der Waals surface area contributed by atoms with Crippen LogP contribution in [0.15, 0.2) is 11.6 Å². The Morgan fingerprint density at radius 3 is 2.54 bits per heavy atom. The van der Waals surface area contributed by atoms with Crippen molar-refractivity contribution in [2.75, 3.05) is 26.9 Å². The highest BCUT2D eigenvalue weighted by molar-refractivity contribution is 5.72. The van der Waals surface area contributed by atoms with Crippen molar-refractivity contribution in [2.45, 2.75) is 76.5 Å². The lowest BCUT2D eigenvalue weighted by Gasteiger charge is -2.31. The van der Waals surface area contributed by atoms with E-state index >= 15 is 0 Å². The first-order valence-corrected chi connectivity index (χ1v) is 11.0. The number of esters is 1. The van der Waals surface area contributed by atoms with Gasteiger partial charge in [-0.25, -0.2) is 0 Å². The van der Waals surface area contributed by atoms with E-state index in [4.69, 9.17) is 23.7 Å². The molecule has 6 nitrogen and oxygen atoms in total. The highest BCUT2D eigenvalue weighted by atomic mass is 16.7. The molecular formula is C22H34O6. The molecule has 3 fully saturated rings. The van der Waals surface area contributed by atoms with E-state index in [1.54, 1.807) is 0 Å². The fourth-order valence-corrected chi connectivity index (χ4v) is 5.22. The smallest absolute Gasteiger partial charge is 0.309 e. The molecule has 0 aromatic rings. The first-order chi connectivity index (χ1) is 13.7. The van der Waals surface area contributed by atoms with Gasteiger partial charge in [0.05, 0.1) is 26.2 Å². The predicted octanol–water partition coefficient (Wildman–Crippen LogP) is 3.59. The third-order valence-electron chi connectivity index (χ3n) is 6.68. The number of rotatable bonds is 7. The second kappa shape index (κ2) is 9.70. The Hall–Kier alpha value is -0.950. The average Bonchev–Trinajstić information content (AvgIpc) is 3.25. The van der Waals surface area contributed by atoms with Crippen LogP contribution in [0.5, 0.6) is 0 Å². The zero-order valence-corrected chi connectivity index (χ0v) is 17.0. The lowest BCUT2D eigenvalue weighted by molar-refractivity contribution is -0.211. The number of hydrogen-bond donors (Lipinski definition) is 0. The molecule has 158 valence electrons. The van der Waals surface area contributed by atoms with E-state index in [2.05, 4.69) is 6.08 Å². The van der Waals surface area contributed by atoms with Crippen LogP contribution in [-0.2, 0) is 28.5 Å². The van der Waals surface area contributed by atoms with Crippen LogP contribution in [-0.4, -0.2) is 51.6 Å². The molecule has 6 atom stereocenters. The van der Waals surface area contributed by atoms with Crippen LogP contribution in [0.1, 0.15) is 57.8 Å². The minimum absolute atomic E-state index is 0.0791. The standard InChI is InChI=1S/C22H34O6/c1-24-20(23)12-15-10-16-13-19(28-22-7-3-5-9-26-22)18(17(16)11-15)14-27-21-6-2-4-8-25-21/h11,16-19,21-22H,2-10,12-14H2,1H3/t16-,17-,18+,19+,21?,22?/m0/s1. The summed E-state index contributed by atoms with van der Waals surface area (Å²) in [6.07, 6.45) is 11.2. The second-order valence-electron chi connectivity index (χ2n) is 8.62. The van der Waals surface area contributed by atoms with Crippen LogP contribution in [0.25, 0.3) is 0 Å². The fourth-order valence-electron chi connectivity index (χ4n) is 5.22. The van der Waals surface area contributed by atoms with Crippen LogP contribution in [0.2, 0.25) is 0 Å². The first kappa shape index (κ1) is 20.3. The topological polar surface area (TPSA) is 63.2 Å². The maximum Gasteiger partial charge on any atom is 0.309 e. The number of ether oxygens (including phenoxy) is 5. The maximum absolute atomic E-state index is 11.7. The molecule has 0 aromatic heterocycles. The van der Waals surface area contributed by atoms with Gasteiger partial charge in [0.15, 0.2) is 12.6 Å². The normalized spacial score (nSPS) is 38.1. The van der Waals surface area contributed by atoms with E-state index in [1.165, 1.54) is 25.5 Å².